The maximum absolute atomic E-state index is 13.3. The number of aliphatic hydroxyl groups is 1. The summed E-state index contributed by atoms with van der Waals surface area (Å²) in [7, 11) is -1.57. The number of para-hydroxylation sites is 1. The first-order valence-electron chi connectivity index (χ1n) is 11.4. The minimum atomic E-state index is -1.71. The lowest BCUT2D eigenvalue weighted by Gasteiger charge is -2.37. The number of aliphatic hydroxyl groups excluding tert-OH is 1. The Hall–Kier alpha value is -3.73. The second-order valence-electron chi connectivity index (χ2n) is 8.39. The highest BCUT2D eigenvalue weighted by atomic mass is 32.1. The van der Waals surface area contributed by atoms with E-state index in [9.17, 15) is 34.4 Å². The standard InChI is InChI=1S/C21H25BN6O8S/c1-2-27-6-7-28(18(31)17(27)30)21(34)26-14(12-9-37-20(23)24-12)16(29)25-13-8-10-4-3-5-11(19(32)33)15(10)36-22(13)35/h3-5,9,13-14,21,26,34-35H,2,6-8H2,1H3,(H2,23,24)(H,25,29)(H,32,33)/t13-,14-,21?/m0/s1. The third-order valence-electron chi connectivity index (χ3n) is 6.11. The van der Waals surface area contributed by atoms with Gasteiger partial charge in [-0.1, -0.05) is 12.1 Å². The van der Waals surface area contributed by atoms with E-state index in [4.69, 9.17) is 10.4 Å². The van der Waals surface area contributed by atoms with E-state index in [-0.39, 0.29) is 41.6 Å². The van der Waals surface area contributed by atoms with Gasteiger partial charge >= 0.3 is 24.9 Å². The number of thiazole rings is 1. The molecule has 3 amide bonds. The van der Waals surface area contributed by atoms with Crippen LogP contribution >= 0.6 is 11.3 Å². The maximum atomic E-state index is 13.3. The Balaban J connectivity index is 1.52. The summed E-state index contributed by atoms with van der Waals surface area (Å²) in [5.74, 6) is -4.61. The fraction of sp³-hybridized carbons (Fsp3) is 0.381. The van der Waals surface area contributed by atoms with E-state index in [1.54, 1.807) is 13.0 Å². The lowest BCUT2D eigenvalue weighted by molar-refractivity contribution is -0.166. The number of amides is 3. The first kappa shape index (κ1) is 26.3. The average molecular weight is 532 g/mol. The summed E-state index contributed by atoms with van der Waals surface area (Å²) in [4.78, 5) is 55.9. The molecule has 7 N–H and O–H groups in total. The minimum absolute atomic E-state index is 0.0137. The van der Waals surface area contributed by atoms with Gasteiger partial charge < -0.3 is 35.8 Å². The largest absolute Gasteiger partial charge is 0.547 e. The van der Waals surface area contributed by atoms with Gasteiger partial charge in [0.05, 0.1) is 17.2 Å². The highest BCUT2D eigenvalue weighted by molar-refractivity contribution is 7.13. The van der Waals surface area contributed by atoms with Gasteiger partial charge in [0.1, 0.15) is 11.8 Å². The summed E-state index contributed by atoms with van der Waals surface area (Å²) in [6.07, 6.45) is -1.65. The molecule has 3 heterocycles. The van der Waals surface area contributed by atoms with E-state index in [1.165, 1.54) is 22.4 Å². The molecule has 3 atom stereocenters. The van der Waals surface area contributed by atoms with Crippen LogP contribution < -0.4 is 21.0 Å². The summed E-state index contributed by atoms with van der Waals surface area (Å²) < 4.78 is 5.41. The number of nitrogens with two attached hydrogens (primary N) is 1. The summed E-state index contributed by atoms with van der Waals surface area (Å²) in [6, 6.07) is 3.16. The lowest BCUT2D eigenvalue weighted by Crippen LogP contribution is -2.62. The van der Waals surface area contributed by atoms with Crippen molar-refractivity contribution in [2.24, 2.45) is 0 Å². The zero-order valence-corrected chi connectivity index (χ0v) is 20.5. The number of hydrogen-bond acceptors (Lipinski definition) is 11. The molecule has 0 bridgehead atoms. The molecule has 0 spiro atoms. The fourth-order valence-electron chi connectivity index (χ4n) is 4.17. The van der Waals surface area contributed by atoms with Gasteiger partial charge in [-0.2, -0.15) is 0 Å². The molecule has 1 aromatic carbocycles. The number of benzene rings is 1. The van der Waals surface area contributed by atoms with Crippen LogP contribution in [0.4, 0.5) is 5.13 Å². The number of nitrogens with one attached hydrogen (secondary N) is 2. The van der Waals surface area contributed by atoms with Crippen LogP contribution in [0, 0.1) is 0 Å². The number of fused-ring (bicyclic) bond motifs is 1. The molecule has 2 aliphatic rings. The first-order chi connectivity index (χ1) is 17.6. The minimum Gasteiger partial charge on any atom is -0.534 e. The SMILES string of the molecule is CCN1CCN(C(O)N[C@H](C(=O)N[C@H]2Cc3cccc(C(=O)O)c3OB2O)c2csc(N)n2)C(=O)C1=O. The highest BCUT2D eigenvalue weighted by Crippen LogP contribution is 2.30. The molecule has 0 radical (unpaired) electrons. The van der Waals surface area contributed by atoms with Gasteiger partial charge in [0.15, 0.2) is 11.5 Å². The van der Waals surface area contributed by atoms with Crippen LogP contribution in [0.25, 0.3) is 0 Å². The number of carboxylic acids is 1. The van der Waals surface area contributed by atoms with Crippen molar-refractivity contribution < 1.29 is 39.1 Å². The van der Waals surface area contributed by atoms with Crippen molar-refractivity contribution in [3.05, 3.63) is 40.4 Å². The van der Waals surface area contributed by atoms with E-state index >= 15 is 0 Å². The second-order valence-corrected chi connectivity index (χ2v) is 9.28. The maximum Gasteiger partial charge on any atom is 0.547 e. The predicted molar refractivity (Wildman–Crippen MR) is 130 cm³/mol. The van der Waals surface area contributed by atoms with E-state index in [2.05, 4.69) is 15.6 Å². The average Bonchev–Trinajstić information content (AvgIpc) is 3.29. The summed E-state index contributed by atoms with van der Waals surface area (Å²) >= 11 is 1.05. The number of aromatic carboxylic acids is 1. The third kappa shape index (κ3) is 5.36. The van der Waals surface area contributed by atoms with Gasteiger partial charge in [-0.25, -0.2) is 9.78 Å². The molecule has 1 saturated heterocycles. The highest BCUT2D eigenvalue weighted by Gasteiger charge is 2.41. The van der Waals surface area contributed by atoms with Crippen molar-refractivity contribution in [1.29, 1.82) is 0 Å². The van der Waals surface area contributed by atoms with Crippen molar-refractivity contribution >= 4 is 47.3 Å². The lowest BCUT2D eigenvalue weighted by atomic mass is 9.72. The summed E-state index contributed by atoms with van der Waals surface area (Å²) in [6.45, 7) is 2.32. The van der Waals surface area contributed by atoms with Gasteiger partial charge in [-0.15, -0.1) is 11.3 Å². The Kier molecular flexibility index (Phi) is 7.63. The van der Waals surface area contributed by atoms with Crippen molar-refractivity contribution in [3.63, 3.8) is 0 Å². The van der Waals surface area contributed by atoms with Crippen LogP contribution in [-0.2, 0) is 20.8 Å². The van der Waals surface area contributed by atoms with Crippen LogP contribution in [0.15, 0.2) is 23.6 Å². The molecule has 196 valence electrons. The molecule has 2 aliphatic heterocycles. The van der Waals surface area contributed by atoms with Crippen LogP contribution in [0.3, 0.4) is 0 Å². The number of hydrogen-bond donors (Lipinski definition) is 6. The fourth-order valence-corrected chi connectivity index (χ4v) is 4.76. The first-order valence-corrected chi connectivity index (χ1v) is 12.2. The number of aromatic nitrogens is 1. The molecule has 0 saturated carbocycles. The van der Waals surface area contributed by atoms with Crippen molar-refractivity contribution in [2.75, 3.05) is 25.4 Å². The van der Waals surface area contributed by atoms with Crippen LogP contribution in [-0.4, -0.2) is 92.8 Å². The monoisotopic (exact) mass is 532 g/mol. The Morgan fingerprint density at radius 3 is 2.73 bits per heavy atom. The van der Waals surface area contributed by atoms with Gasteiger partial charge in [-0.05, 0) is 25.0 Å². The second kappa shape index (κ2) is 10.7. The van der Waals surface area contributed by atoms with Gasteiger partial charge in [-0.3, -0.25) is 24.6 Å². The Labute approximate surface area is 215 Å². The van der Waals surface area contributed by atoms with Crippen molar-refractivity contribution in [2.45, 2.75) is 31.7 Å². The van der Waals surface area contributed by atoms with E-state index in [1.807, 2.05) is 0 Å². The molecule has 14 nitrogen and oxygen atoms in total. The molecule has 2 aromatic rings. The van der Waals surface area contributed by atoms with Crippen molar-refractivity contribution in [1.82, 2.24) is 25.4 Å². The van der Waals surface area contributed by atoms with E-state index in [0.29, 0.717) is 12.1 Å². The zero-order valence-electron chi connectivity index (χ0n) is 19.7. The van der Waals surface area contributed by atoms with E-state index in [0.717, 1.165) is 16.2 Å². The molecule has 4 rings (SSSR count). The van der Waals surface area contributed by atoms with Crippen LogP contribution in [0.5, 0.6) is 5.75 Å². The number of nitrogens with zero attached hydrogens (tertiary/aromatic N) is 3. The van der Waals surface area contributed by atoms with Gasteiger partial charge in [0.25, 0.3) is 0 Å². The van der Waals surface area contributed by atoms with Crippen LogP contribution in [0.1, 0.15) is 34.6 Å². The normalized spacial score (nSPS) is 19.2. The summed E-state index contributed by atoms with van der Waals surface area (Å²) in [5, 5.41) is 37.5. The number of piperazine rings is 1. The smallest absolute Gasteiger partial charge is 0.534 e. The third-order valence-corrected chi connectivity index (χ3v) is 6.80. The quantitative estimate of drug-likeness (QED) is 0.126. The topological polar surface area (TPSA) is 208 Å². The van der Waals surface area contributed by atoms with Crippen molar-refractivity contribution in [3.8, 4) is 5.75 Å². The molecule has 1 fully saturated rings. The Bertz CT molecular complexity index is 1230. The number of likely N-dealkylation sites (N-methyl/N-ethyl adjacent to an activating group) is 1. The number of rotatable bonds is 8. The number of carbonyl (C=O) groups excluding carboxylic acids is 3. The molecular formula is C21H25BN6O8S. The molecule has 1 aromatic heterocycles. The van der Waals surface area contributed by atoms with E-state index < -0.39 is 49.1 Å². The van der Waals surface area contributed by atoms with Gasteiger partial charge in [0, 0.05) is 25.0 Å². The molecule has 1 unspecified atom stereocenters. The Morgan fingerprint density at radius 1 is 1.32 bits per heavy atom. The number of anilines is 1. The summed E-state index contributed by atoms with van der Waals surface area (Å²) in [5.41, 5.74) is 6.21. The predicted octanol–water partition coefficient (Wildman–Crippen LogP) is -1.84. The van der Waals surface area contributed by atoms with Crippen LogP contribution in [0.2, 0.25) is 0 Å². The Morgan fingerprint density at radius 2 is 2.08 bits per heavy atom. The molecular weight excluding hydrogens is 507 g/mol. The number of carbonyl (C=O) groups is 4. The molecule has 0 aliphatic carbocycles. The molecule has 16 heteroatoms. The number of carboxylic acid groups (broad SMARTS) is 1. The zero-order chi connectivity index (χ0) is 26.9. The molecule has 37 heavy (non-hydrogen) atoms. The number of nitrogen functional groups attached to an aromatic ring is 1. The van der Waals surface area contributed by atoms with Gasteiger partial charge in [0.2, 0.25) is 5.91 Å².